The molecule has 1 fully saturated rings. The lowest BCUT2D eigenvalue weighted by Gasteiger charge is -2.34. The van der Waals surface area contributed by atoms with E-state index in [1.54, 1.807) is 20.8 Å². The summed E-state index contributed by atoms with van der Waals surface area (Å²) in [5.74, 6) is -0.966. The van der Waals surface area contributed by atoms with E-state index in [0.717, 1.165) is 0 Å². The van der Waals surface area contributed by atoms with Crippen molar-refractivity contribution in [2.75, 3.05) is 6.61 Å². The molecule has 1 aliphatic rings. The van der Waals surface area contributed by atoms with Gasteiger partial charge in [0.1, 0.15) is 0 Å². The predicted molar refractivity (Wildman–Crippen MR) is 38.1 cm³/mol. The third kappa shape index (κ3) is 2.35. The molecule has 0 aromatic carbocycles. The van der Waals surface area contributed by atoms with Gasteiger partial charge in [-0.05, 0) is 13.8 Å². The van der Waals surface area contributed by atoms with Crippen LogP contribution in [-0.2, 0) is 19.2 Å². The minimum atomic E-state index is -0.966. The predicted octanol–water partition coefficient (Wildman–Crippen LogP) is 1.23. The van der Waals surface area contributed by atoms with Crippen LogP contribution in [0, 0.1) is 0 Å². The van der Waals surface area contributed by atoms with Crippen molar-refractivity contribution in [2.24, 2.45) is 0 Å². The van der Waals surface area contributed by atoms with Crippen molar-refractivity contribution < 1.29 is 24.0 Å². The Labute approximate surface area is 70.5 Å². The van der Waals surface area contributed by atoms with Gasteiger partial charge in [-0.1, -0.05) is 0 Å². The smallest absolute Gasteiger partial charge is 0.432 e. The molecule has 0 amide bonds. The summed E-state index contributed by atoms with van der Waals surface area (Å²) in [7, 11) is 0. The van der Waals surface area contributed by atoms with E-state index in [1.165, 1.54) is 0 Å². The Bertz CT molecular complexity index is 173. The Morgan fingerprint density at radius 2 is 2.17 bits per heavy atom. The minimum absolute atomic E-state index is 0.193. The maximum atomic E-state index is 10.9. The first-order valence-corrected chi connectivity index (χ1v) is 3.72. The molecule has 0 saturated carbocycles. The fourth-order valence-electron chi connectivity index (χ4n) is 0.664. The first kappa shape index (κ1) is 9.28. The van der Waals surface area contributed by atoms with E-state index in [0.29, 0.717) is 0 Å². The quantitative estimate of drug-likeness (QED) is 0.467. The number of carbonyl (C=O) groups is 1. The lowest BCUT2D eigenvalue weighted by atomic mass is 10.3. The summed E-state index contributed by atoms with van der Waals surface area (Å²) >= 11 is 0. The van der Waals surface area contributed by atoms with Crippen LogP contribution in [0.2, 0.25) is 0 Å². The third-order valence-electron chi connectivity index (χ3n) is 1.19. The molecule has 1 saturated heterocycles. The zero-order valence-electron chi connectivity index (χ0n) is 7.33. The molecule has 0 N–H and O–H groups in total. The molecule has 1 aliphatic heterocycles. The first-order chi connectivity index (χ1) is 5.52. The topological polar surface area (TPSA) is 54.0 Å². The van der Waals surface area contributed by atoms with Gasteiger partial charge >= 0.3 is 6.16 Å². The highest BCUT2D eigenvalue weighted by molar-refractivity contribution is 5.60. The van der Waals surface area contributed by atoms with Crippen molar-refractivity contribution in [3.63, 3.8) is 0 Å². The molecule has 5 nitrogen and oxygen atoms in total. The van der Waals surface area contributed by atoms with Gasteiger partial charge < -0.3 is 9.47 Å². The molecule has 5 heteroatoms. The van der Waals surface area contributed by atoms with Gasteiger partial charge in [0.25, 0.3) is 5.79 Å². The third-order valence-corrected chi connectivity index (χ3v) is 1.19. The largest absolute Gasteiger partial charge is 0.511 e. The summed E-state index contributed by atoms with van der Waals surface area (Å²) in [6.45, 7) is 5.31. The molecule has 0 bridgehead atoms. The Hall–Kier alpha value is -0.810. The standard InChI is InChI=1S/C7H12O5/c1-5(2)10-6(8)11-7(3)4-9-12-7/h5H,4H2,1-3H3. The highest BCUT2D eigenvalue weighted by Crippen LogP contribution is 2.23. The van der Waals surface area contributed by atoms with Gasteiger partial charge in [0, 0.05) is 6.92 Å². The molecular formula is C7H12O5. The highest BCUT2D eigenvalue weighted by atomic mass is 17.3. The number of hydrogen-bond donors (Lipinski definition) is 0. The second-order valence-electron chi connectivity index (χ2n) is 3.00. The number of hydrogen-bond acceptors (Lipinski definition) is 5. The second-order valence-corrected chi connectivity index (χ2v) is 3.00. The van der Waals surface area contributed by atoms with E-state index >= 15 is 0 Å². The van der Waals surface area contributed by atoms with E-state index < -0.39 is 11.9 Å². The lowest BCUT2D eigenvalue weighted by molar-refractivity contribution is -0.521. The number of ether oxygens (including phenoxy) is 2. The van der Waals surface area contributed by atoms with Crippen LogP contribution in [0.25, 0.3) is 0 Å². The summed E-state index contributed by atoms with van der Waals surface area (Å²) in [4.78, 5) is 19.8. The molecular weight excluding hydrogens is 164 g/mol. The molecule has 1 atom stereocenters. The molecule has 70 valence electrons. The maximum absolute atomic E-state index is 10.9. The summed E-state index contributed by atoms with van der Waals surface area (Å²) in [5.41, 5.74) is 0. The van der Waals surface area contributed by atoms with Crippen molar-refractivity contribution in [3.8, 4) is 0 Å². The van der Waals surface area contributed by atoms with Crippen molar-refractivity contribution in [1.82, 2.24) is 0 Å². The van der Waals surface area contributed by atoms with Crippen LogP contribution in [0.5, 0.6) is 0 Å². The van der Waals surface area contributed by atoms with Crippen LogP contribution in [0.1, 0.15) is 20.8 Å². The summed E-state index contributed by atoms with van der Waals surface area (Å²) in [5, 5.41) is 0. The fraction of sp³-hybridized carbons (Fsp3) is 0.857. The Balaban J connectivity index is 2.26. The SMILES string of the molecule is CC(C)OC(=O)OC1(C)COO1. The molecule has 1 heterocycles. The van der Waals surface area contributed by atoms with Gasteiger partial charge in [-0.25, -0.2) is 9.68 Å². The zero-order valence-corrected chi connectivity index (χ0v) is 7.33. The van der Waals surface area contributed by atoms with Gasteiger partial charge in [0.15, 0.2) is 6.61 Å². The van der Waals surface area contributed by atoms with Crippen molar-refractivity contribution in [2.45, 2.75) is 32.7 Å². The fourth-order valence-corrected chi connectivity index (χ4v) is 0.664. The normalized spacial score (nSPS) is 28.0. The first-order valence-electron chi connectivity index (χ1n) is 3.72. The summed E-state index contributed by atoms with van der Waals surface area (Å²) < 4.78 is 9.50. The molecule has 0 aromatic heterocycles. The molecule has 0 radical (unpaired) electrons. The monoisotopic (exact) mass is 176 g/mol. The number of rotatable bonds is 2. The lowest BCUT2D eigenvalue weighted by Crippen LogP contribution is -2.48. The Morgan fingerprint density at radius 3 is 2.50 bits per heavy atom. The van der Waals surface area contributed by atoms with Gasteiger partial charge in [0.2, 0.25) is 0 Å². The van der Waals surface area contributed by atoms with Gasteiger partial charge in [-0.2, -0.15) is 4.89 Å². The van der Waals surface area contributed by atoms with E-state index in [2.05, 4.69) is 9.78 Å². The van der Waals surface area contributed by atoms with Crippen LogP contribution < -0.4 is 0 Å². The summed E-state index contributed by atoms with van der Waals surface area (Å²) in [6.07, 6.45) is -0.933. The maximum Gasteiger partial charge on any atom is 0.511 e. The number of carbonyl (C=O) groups excluding carboxylic acids is 1. The summed E-state index contributed by atoms with van der Waals surface area (Å²) in [6, 6.07) is 0. The molecule has 1 unspecified atom stereocenters. The van der Waals surface area contributed by atoms with Gasteiger partial charge in [0.05, 0.1) is 6.10 Å². The molecule has 0 aromatic rings. The van der Waals surface area contributed by atoms with Crippen LogP contribution in [0.15, 0.2) is 0 Å². The Kier molecular flexibility index (Phi) is 2.54. The Morgan fingerprint density at radius 1 is 1.58 bits per heavy atom. The molecule has 0 spiro atoms. The zero-order chi connectivity index (χ0) is 9.19. The highest BCUT2D eigenvalue weighted by Gasteiger charge is 2.41. The van der Waals surface area contributed by atoms with E-state index in [1.807, 2.05) is 0 Å². The van der Waals surface area contributed by atoms with E-state index in [4.69, 9.17) is 9.47 Å². The average molecular weight is 176 g/mol. The van der Waals surface area contributed by atoms with Gasteiger partial charge in [-0.3, -0.25) is 0 Å². The van der Waals surface area contributed by atoms with E-state index in [9.17, 15) is 4.79 Å². The van der Waals surface area contributed by atoms with Crippen LogP contribution in [-0.4, -0.2) is 24.7 Å². The second kappa shape index (κ2) is 3.28. The molecule has 0 aliphatic carbocycles. The van der Waals surface area contributed by atoms with Crippen molar-refractivity contribution in [3.05, 3.63) is 0 Å². The van der Waals surface area contributed by atoms with Crippen molar-refractivity contribution in [1.29, 1.82) is 0 Å². The molecule has 1 rings (SSSR count). The minimum Gasteiger partial charge on any atom is -0.432 e. The van der Waals surface area contributed by atoms with E-state index in [-0.39, 0.29) is 12.7 Å². The van der Waals surface area contributed by atoms with Gasteiger partial charge in [-0.15, -0.1) is 0 Å². The van der Waals surface area contributed by atoms with Crippen LogP contribution in [0.4, 0.5) is 4.79 Å². The van der Waals surface area contributed by atoms with Crippen LogP contribution >= 0.6 is 0 Å². The van der Waals surface area contributed by atoms with Crippen molar-refractivity contribution >= 4 is 6.16 Å². The van der Waals surface area contributed by atoms with Crippen LogP contribution in [0.3, 0.4) is 0 Å². The average Bonchev–Trinajstić information content (AvgIpc) is 1.81. The molecule has 12 heavy (non-hydrogen) atoms.